The monoisotopic (exact) mass is 325 g/mol. The van der Waals surface area contributed by atoms with Crippen molar-refractivity contribution in [1.82, 2.24) is 10.3 Å². The zero-order valence-corrected chi connectivity index (χ0v) is 13.7. The highest BCUT2D eigenvalue weighted by molar-refractivity contribution is 5.91. The van der Waals surface area contributed by atoms with Crippen molar-refractivity contribution in [2.45, 2.75) is 38.1 Å². The van der Waals surface area contributed by atoms with Gasteiger partial charge in [0.05, 0.1) is 0 Å². The SMILES string of the molecule is NC(c1ccccc1)c1nc(C(=O)NCCC2=CCCCC2)co1. The average molecular weight is 325 g/mol. The van der Waals surface area contributed by atoms with Gasteiger partial charge in [-0.05, 0) is 37.7 Å². The van der Waals surface area contributed by atoms with Gasteiger partial charge in [-0.1, -0.05) is 42.0 Å². The minimum atomic E-state index is -0.472. The van der Waals surface area contributed by atoms with Gasteiger partial charge in [0, 0.05) is 6.54 Å². The largest absolute Gasteiger partial charge is 0.446 e. The van der Waals surface area contributed by atoms with Crippen LogP contribution in [-0.4, -0.2) is 17.4 Å². The van der Waals surface area contributed by atoms with Crippen LogP contribution in [0.25, 0.3) is 0 Å². The lowest BCUT2D eigenvalue weighted by Gasteiger charge is -2.12. The molecule has 1 aromatic carbocycles. The van der Waals surface area contributed by atoms with Gasteiger partial charge in [-0.3, -0.25) is 4.79 Å². The lowest BCUT2D eigenvalue weighted by Crippen LogP contribution is -2.25. The number of carbonyl (C=O) groups is 1. The van der Waals surface area contributed by atoms with Crippen LogP contribution in [0.1, 0.15) is 60.1 Å². The third kappa shape index (κ3) is 4.11. The van der Waals surface area contributed by atoms with Gasteiger partial charge in [0.25, 0.3) is 5.91 Å². The summed E-state index contributed by atoms with van der Waals surface area (Å²) in [4.78, 5) is 16.4. The third-order valence-electron chi connectivity index (χ3n) is 4.30. The van der Waals surface area contributed by atoms with Crippen LogP contribution in [0.15, 0.2) is 52.7 Å². The van der Waals surface area contributed by atoms with Gasteiger partial charge < -0.3 is 15.5 Å². The third-order valence-corrected chi connectivity index (χ3v) is 4.30. The highest BCUT2D eigenvalue weighted by Crippen LogP contribution is 2.20. The molecular formula is C19H23N3O2. The van der Waals surface area contributed by atoms with Crippen LogP contribution in [0.3, 0.4) is 0 Å². The molecule has 0 saturated heterocycles. The Hall–Kier alpha value is -2.40. The van der Waals surface area contributed by atoms with Gasteiger partial charge in [-0.25, -0.2) is 4.98 Å². The molecule has 24 heavy (non-hydrogen) atoms. The molecule has 1 amide bonds. The molecule has 3 rings (SSSR count). The molecule has 5 heteroatoms. The normalized spacial score (nSPS) is 15.6. The average Bonchev–Trinajstić information content (AvgIpc) is 3.13. The van der Waals surface area contributed by atoms with E-state index in [0.717, 1.165) is 24.8 Å². The molecule has 5 nitrogen and oxygen atoms in total. The van der Waals surface area contributed by atoms with Crippen LogP contribution in [0.4, 0.5) is 0 Å². The van der Waals surface area contributed by atoms with E-state index < -0.39 is 6.04 Å². The van der Waals surface area contributed by atoms with Crippen molar-refractivity contribution in [3.8, 4) is 0 Å². The summed E-state index contributed by atoms with van der Waals surface area (Å²) in [5.74, 6) is 0.128. The van der Waals surface area contributed by atoms with Crippen LogP contribution in [0.5, 0.6) is 0 Å². The highest BCUT2D eigenvalue weighted by atomic mass is 16.3. The van der Waals surface area contributed by atoms with E-state index in [-0.39, 0.29) is 11.6 Å². The molecule has 0 radical (unpaired) electrons. The predicted molar refractivity (Wildman–Crippen MR) is 92.5 cm³/mol. The Morgan fingerprint density at radius 1 is 1.29 bits per heavy atom. The standard InChI is InChI=1S/C19H23N3O2/c20-17(15-9-5-2-6-10-15)19-22-16(13-24-19)18(23)21-12-11-14-7-3-1-4-8-14/h2,5-7,9-10,13,17H,1,3-4,8,11-12,20H2,(H,21,23). The Morgan fingerprint density at radius 3 is 2.88 bits per heavy atom. The van der Waals surface area contributed by atoms with E-state index in [0.29, 0.717) is 12.4 Å². The Kier molecular flexibility index (Phi) is 5.43. The Labute approximate surface area is 142 Å². The summed E-state index contributed by atoms with van der Waals surface area (Å²) >= 11 is 0. The molecule has 1 unspecified atom stereocenters. The second kappa shape index (κ2) is 7.93. The highest BCUT2D eigenvalue weighted by Gasteiger charge is 2.18. The minimum absolute atomic E-state index is 0.221. The number of nitrogens with two attached hydrogens (primary N) is 1. The van der Waals surface area contributed by atoms with Gasteiger partial charge in [0.15, 0.2) is 5.69 Å². The smallest absolute Gasteiger partial charge is 0.273 e. The van der Waals surface area contributed by atoms with Gasteiger partial charge in [0.2, 0.25) is 5.89 Å². The fourth-order valence-electron chi connectivity index (χ4n) is 2.90. The van der Waals surface area contributed by atoms with Crippen molar-refractivity contribution in [3.63, 3.8) is 0 Å². The van der Waals surface area contributed by atoms with Gasteiger partial charge in [0.1, 0.15) is 12.3 Å². The molecule has 3 N–H and O–H groups in total. The van der Waals surface area contributed by atoms with E-state index in [9.17, 15) is 4.79 Å². The summed E-state index contributed by atoms with van der Waals surface area (Å²) in [6, 6.07) is 9.09. The number of nitrogens with one attached hydrogen (secondary N) is 1. The molecule has 1 aliphatic rings. The molecule has 126 valence electrons. The first-order valence-corrected chi connectivity index (χ1v) is 8.46. The van der Waals surface area contributed by atoms with Crippen molar-refractivity contribution < 1.29 is 9.21 Å². The van der Waals surface area contributed by atoms with Gasteiger partial charge in [-0.2, -0.15) is 0 Å². The summed E-state index contributed by atoms with van der Waals surface area (Å²) in [5, 5.41) is 2.90. The quantitative estimate of drug-likeness (QED) is 0.798. The van der Waals surface area contributed by atoms with Crippen LogP contribution in [-0.2, 0) is 0 Å². The Bertz CT molecular complexity index is 706. The lowest BCUT2D eigenvalue weighted by atomic mass is 9.97. The molecule has 0 fully saturated rings. The summed E-state index contributed by atoms with van der Waals surface area (Å²) in [7, 11) is 0. The summed E-state index contributed by atoms with van der Waals surface area (Å²) < 4.78 is 5.39. The zero-order valence-electron chi connectivity index (χ0n) is 13.7. The molecule has 0 saturated carbocycles. The van der Waals surface area contributed by atoms with E-state index in [4.69, 9.17) is 10.2 Å². The number of carbonyl (C=O) groups excluding carboxylic acids is 1. The van der Waals surface area contributed by atoms with Gasteiger partial charge >= 0.3 is 0 Å². The first kappa shape index (κ1) is 16.5. The van der Waals surface area contributed by atoms with E-state index in [1.54, 1.807) is 0 Å². The number of amides is 1. The number of oxazole rings is 1. The summed E-state index contributed by atoms with van der Waals surface area (Å²) in [6.45, 7) is 0.623. The maximum Gasteiger partial charge on any atom is 0.273 e. The molecule has 0 aliphatic heterocycles. The maximum absolute atomic E-state index is 12.2. The summed E-state index contributed by atoms with van der Waals surface area (Å²) in [5.41, 5.74) is 8.74. The van der Waals surface area contributed by atoms with Crippen LogP contribution in [0, 0.1) is 0 Å². The number of aromatic nitrogens is 1. The van der Waals surface area contributed by atoms with Gasteiger partial charge in [-0.15, -0.1) is 0 Å². The number of hydrogen-bond acceptors (Lipinski definition) is 4. The number of hydrogen-bond donors (Lipinski definition) is 2. The topological polar surface area (TPSA) is 81.1 Å². The zero-order chi connectivity index (χ0) is 16.8. The molecule has 1 atom stereocenters. The van der Waals surface area contributed by atoms with Crippen LogP contribution < -0.4 is 11.1 Å². The van der Waals surface area contributed by atoms with Crippen LogP contribution in [0.2, 0.25) is 0 Å². The first-order chi connectivity index (χ1) is 11.7. The van der Waals surface area contributed by atoms with Crippen molar-refractivity contribution in [1.29, 1.82) is 0 Å². The Balaban J connectivity index is 1.54. The number of rotatable bonds is 6. The van der Waals surface area contributed by atoms with Crippen molar-refractivity contribution in [3.05, 3.63) is 65.4 Å². The molecule has 1 heterocycles. The maximum atomic E-state index is 12.2. The Morgan fingerprint density at radius 2 is 2.12 bits per heavy atom. The minimum Gasteiger partial charge on any atom is -0.446 e. The second-order valence-electron chi connectivity index (χ2n) is 6.07. The second-order valence-corrected chi connectivity index (χ2v) is 6.07. The predicted octanol–water partition coefficient (Wildman–Crippen LogP) is 3.34. The molecule has 1 aliphatic carbocycles. The molecule has 0 bridgehead atoms. The van der Waals surface area contributed by atoms with E-state index in [1.165, 1.54) is 24.7 Å². The van der Waals surface area contributed by atoms with Crippen LogP contribution >= 0.6 is 0 Å². The first-order valence-electron chi connectivity index (χ1n) is 8.46. The summed E-state index contributed by atoms with van der Waals surface area (Å²) in [6.07, 6.45) is 9.41. The fraction of sp³-hybridized carbons (Fsp3) is 0.368. The van der Waals surface area contributed by atoms with Crippen molar-refractivity contribution in [2.24, 2.45) is 5.73 Å². The molecule has 2 aromatic rings. The van der Waals surface area contributed by atoms with E-state index >= 15 is 0 Å². The van der Waals surface area contributed by atoms with E-state index in [1.807, 2.05) is 30.3 Å². The number of allylic oxidation sites excluding steroid dienone is 1. The number of benzene rings is 1. The van der Waals surface area contributed by atoms with Crippen molar-refractivity contribution in [2.75, 3.05) is 6.54 Å². The molecule has 0 spiro atoms. The van der Waals surface area contributed by atoms with E-state index in [2.05, 4.69) is 16.4 Å². The molecular weight excluding hydrogens is 302 g/mol. The number of nitrogens with zero attached hydrogens (tertiary/aromatic N) is 1. The lowest BCUT2D eigenvalue weighted by molar-refractivity contribution is 0.0949. The fourth-order valence-corrected chi connectivity index (χ4v) is 2.90. The van der Waals surface area contributed by atoms with Crippen molar-refractivity contribution >= 4 is 5.91 Å². The molecule has 1 aromatic heterocycles.